The molecule has 0 amide bonds. The Morgan fingerprint density at radius 2 is 2.06 bits per heavy atom. The molecule has 3 heteroatoms. The summed E-state index contributed by atoms with van der Waals surface area (Å²) in [7, 11) is 2.05. The molecule has 1 fully saturated rings. The first-order valence-corrected chi connectivity index (χ1v) is 6.17. The predicted molar refractivity (Wildman–Crippen MR) is 66.8 cm³/mol. The molecule has 1 aliphatic rings. The van der Waals surface area contributed by atoms with Crippen LogP contribution in [0.5, 0.6) is 0 Å². The molecule has 1 aliphatic carbocycles. The minimum Gasteiger partial charge on any atom is -0.481 e. The van der Waals surface area contributed by atoms with Gasteiger partial charge in [-0.3, -0.25) is 9.69 Å². The van der Waals surface area contributed by atoms with Crippen molar-refractivity contribution < 1.29 is 9.90 Å². The van der Waals surface area contributed by atoms with Crippen LogP contribution in [-0.4, -0.2) is 29.1 Å². The van der Waals surface area contributed by atoms with Crippen LogP contribution in [0.4, 0.5) is 0 Å². The fourth-order valence-corrected chi connectivity index (χ4v) is 2.39. The van der Waals surface area contributed by atoms with Gasteiger partial charge in [-0.05, 0) is 25.5 Å². The van der Waals surface area contributed by atoms with Crippen molar-refractivity contribution in [2.45, 2.75) is 37.8 Å². The topological polar surface area (TPSA) is 40.5 Å². The first kappa shape index (κ1) is 12.1. The Labute approximate surface area is 102 Å². The van der Waals surface area contributed by atoms with Crippen molar-refractivity contribution >= 4 is 5.97 Å². The summed E-state index contributed by atoms with van der Waals surface area (Å²) in [6.07, 6.45) is 3.83. The van der Waals surface area contributed by atoms with Gasteiger partial charge in [0.05, 0.1) is 6.42 Å². The molecular formula is C14H19NO2. The van der Waals surface area contributed by atoms with Crippen LogP contribution in [0.3, 0.4) is 0 Å². The minimum atomic E-state index is -0.731. The molecule has 0 spiro atoms. The molecule has 1 aromatic carbocycles. The lowest BCUT2D eigenvalue weighted by molar-refractivity contribution is -0.138. The second kappa shape index (κ2) is 5.32. The third-order valence-corrected chi connectivity index (χ3v) is 3.69. The number of benzene rings is 1. The third-order valence-electron chi connectivity index (χ3n) is 3.69. The van der Waals surface area contributed by atoms with E-state index < -0.39 is 5.97 Å². The van der Waals surface area contributed by atoms with Gasteiger partial charge in [0.2, 0.25) is 0 Å². The zero-order valence-electron chi connectivity index (χ0n) is 10.2. The molecule has 92 valence electrons. The molecule has 2 rings (SSSR count). The lowest BCUT2D eigenvalue weighted by Crippen LogP contribution is -2.40. The summed E-state index contributed by atoms with van der Waals surface area (Å²) in [5.74, 6) is -0.731. The average Bonchev–Trinajstić information content (AvgIpc) is 2.24. The van der Waals surface area contributed by atoms with E-state index in [2.05, 4.69) is 4.90 Å². The quantitative estimate of drug-likeness (QED) is 0.850. The minimum absolute atomic E-state index is 0.000926. The molecule has 1 atom stereocenters. The van der Waals surface area contributed by atoms with Crippen molar-refractivity contribution in [2.75, 3.05) is 7.05 Å². The molecule has 0 radical (unpaired) electrons. The molecule has 1 saturated carbocycles. The van der Waals surface area contributed by atoms with E-state index in [1.807, 2.05) is 37.4 Å². The van der Waals surface area contributed by atoms with E-state index in [0.29, 0.717) is 6.04 Å². The number of carboxylic acids is 1. The van der Waals surface area contributed by atoms with E-state index in [4.69, 9.17) is 5.11 Å². The molecular weight excluding hydrogens is 214 g/mol. The van der Waals surface area contributed by atoms with Crippen molar-refractivity contribution in [3.63, 3.8) is 0 Å². The van der Waals surface area contributed by atoms with Gasteiger partial charge >= 0.3 is 5.97 Å². The van der Waals surface area contributed by atoms with Gasteiger partial charge < -0.3 is 5.11 Å². The highest BCUT2D eigenvalue weighted by atomic mass is 16.4. The van der Waals surface area contributed by atoms with Crippen LogP contribution in [0, 0.1) is 0 Å². The van der Waals surface area contributed by atoms with E-state index >= 15 is 0 Å². The smallest absolute Gasteiger partial charge is 0.305 e. The maximum Gasteiger partial charge on any atom is 0.305 e. The van der Waals surface area contributed by atoms with Crippen LogP contribution < -0.4 is 0 Å². The van der Waals surface area contributed by atoms with Crippen molar-refractivity contribution in [3.8, 4) is 0 Å². The van der Waals surface area contributed by atoms with Gasteiger partial charge in [-0.1, -0.05) is 36.8 Å². The molecule has 1 unspecified atom stereocenters. The predicted octanol–water partition coefficient (Wildman–Crippen LogP) is 2.69. The molecule has 0 aromatic heterocycles. The summed E-state index contributed by atoms with van der Waals surface area (Å²) < 4.78 is 0. The normalized spacial score (nSPS) is 17.8. The standard InChI is InChI=1S/C14H19NO2/c1-15(12-8-5-9-12)13(10-14(16)17)11-6-3-2-4-7-11/h2-4,6-7,12-13H,5,8-10H2,1H3,(H,16,17). The second-order valence-corrected chi connectivity index (χ2v) is 4.77. The molecule has 0 bridgehead atoms. The summed E-state index contributed by atoms with van der Waals surface area (Å²) in [5, 5.41) is 9.04. The van der Waals surface area contributed by atoms with Crippen LogP contribution in [-0.2, 0) is 4.79 Å². The zero-order chi connectivity index (χ0) is 12.3. The maximum absolute atomic E-state index is 11.0. The monoisotopic (exact) mass is 233 g/mol. The highest BCUT2D eigenvalue weighted by Crippen LogP contribution is 2.32. The summed E-state index contributed by atoms with van der Waals surface area (Å²) in [4.78, 5) is 13.2. The molecule has 1 aromatic rings. The van der Waals surface area contributed by atoms with Gasteiger partial charge in [0.15, 0.2) is 0 Å². The van der Waals surface area contributed by atoms with Gasteiger partial charge in [-0.15, -0.1) is 0 Å². The lowest BCUT2D eigenvalue weighted by atomic mass is 9.89. The molecule has 0 aliphatic heterocycles. The highest BCUT2D eigenvalue weighted by Gasteiger charge is 2.29. The number of carbonyl (C=O) groups is 1. The molecule has 17 heavy (non-hydrogen) atoms. The van der Waals surface area contributed by atoms with E-state index in [1.54, 1.807) is 0 Å². The third kappa shape index (κ3) is 2.86. The Morgan fingerprint density at radius 3 is 2.53 bits per heavy atom. The summed E-state index contributed by atoms with van der Waals surface area (Å²) in [6, 6.07) is 10.5. The number of nitrogens with zero attached hydrogens (tertiary/aromatic N) is 1. The van der Waals surface area contributed by atoms with Gasteiger partial charge in [0, 0.05) is 12.1 Å². The van der Waals surface area contributed by atoms with E-state index in [0.717, 1.165) is 5.56 Å². The van der Waals surface area contributed by atoms with Gasteiger partial charge in [-0.25, -0.2) is 0 Å². The van der Waals surface area contributed by atoms with E-state index in [1.165, 1.54) is 19.3 Å². The van der Waals surface area contributed by atoms with E-state index in [9.17, 15) is 4.79 Å². The van der Waals surface area contributed by atoms with Crippen molar-refractivity contribution in [1.82, 2.24) is 4.90 Å². The van der Waals surface area contributed by atoms with E-state index in [-0.39, 0.29) is 12.5 Å². The lowest BCUT2D eigenvalue weighted by Gasteiger charge is -2.39. The molecule has 0 heterocycles. The zero-order valence-corrected chi connectivity index (χ0v) is 10.2. The first-order chi connectivity index (χ1) is 8.18. The SMILES string of the molecule is CN(C1CCC1)C(CC(=O)O)c1ccccc1. The first-order valence-electron chi connectivity index (χ1n) is 6.17. The average molecular weight is 233 g/mol. The summed E-state index contributed by atoms with van der Waals surface area (Å²) in [5.41, 5.74) is 1.10. The van der Waals surface area contributed by atoms with Gasteiger partial charge in [0.1, 0.15) is 0 Å². The highest BCUT2D eigenvalue weighted by molar-refractivity contribution is 5.68. The van der Waals surface area contributed by atoms with Crippen molar-refractivity contribution in [1.29, 1.82) is 0 Å². The van der Waals surface area contributed by atoms with Crippen LogP contribution in [0.1, 0.15) is 37.3 Å². The summed E-state index contributed by atoms with van der Waals surface area (Å²) >= 11 is 0. The fourth-order valence-electron chi connectivity index (χ4n) is 2.39. The molecule has 0 saturated heterocycles. The van der Waals surface area contributed by atoms with Crippen molar-refractivity contribution in [2.24, 2.45) is 0 Å². The maximum atomic E-state index is 11.0. The number of hydrogen-bond donors (Lipinski definition) is 1. The van der Waals surface area contributed by atoms with Gasteiger partial charge in [0.25, 0.3) is 0 Å². The number of aliphatic carboxylic acids is 1. The largest absolute Gasteiger partial charge is 0.481 e. The number of rotatable bonds is 5. The van der Waals surface area contributed by atoms with Crippen LogP contribution in [0.15, 0.2) is 30.3 Å². The van der Waals surface area contributed by atoms with Crippen LogP contribution in [0.25, 0.3) is 0 Å². The van der Waals surface area contributed by atoms with Crippen molar-refractivity contribution in [3.05, 3.63) is 35.9 Å². The Morgan fingerprint density at radius 1 is 1.41 bits per heavy atom. The second-order valence-electron chi connectivity index (χ2n) is 4.77. The summed E-state index contributed by atoms with van der Waals surface area (Å²) in [6.45, 7) is 0. The number of hydrogen-bond acceptors (Lipinski definition) is 2. The Balaban J connectivity index is 2.15. The molecule has 1 N–H and O–H groups in total. The van der Waals surface area contributed by atoms with Crippen LogP contribution >= 0.6 is 0 Å². The molecule has 3 nitrogen and oxygen atoms in total. The van der Waals surface area contributed by atoms with Gasteiger partial charge in [-0.2, -0.15) is 0 Å². The number of carboxylic acid groups (broad SMARTS) is 1. The Bertz CT molecular complexity index is 373. The Kier molecular flexibility index (Phi) is 3.79. The Hall–Kier alpha value is -1.35. The fraction of sp³-hybridized carbons (Fsp3) is 0.500. The van der Waals surface area contributed by atoms with Crippen LogP contribution in [0.2, 0.25) is 0 Å².